The number of nitrogens with one attached hydrogen (secondary N) is 1. The van der Waals surface area contributed by atoms with Crippen molar-refractivity contribution in [3.8, 4) is 0 Å². The van der Waals surface area contributed by atoms with Gasteiger partial charge < -0.3 is 15.5 Å². The van der Waals surface area contributed by atoms with Gasteiger partial charge in [0, 0.05) is 19.3 Å². The van der Waals surface area contributed by atoms with Gasteiger partial charge in [-0.1, -0.05) is 11.6 Å². The van der Waals surface area contributed by atoms with Gasteiger partial charge in [-0.15, -0.1) is 0 Å². The predicted molar refractivity (Wildman–Crippen MR) is 61.0 cm³/mol. The number of unbranched alkanes of at least 4 members (excludes halogenated alkanes) is 1. The molecule has 1 rings (SSSR count). The monoisotopic (exact) mass is 244 g/mol. The molecule has 0 saturated heterocycles. The van der Waals surface area contributed by atoms with Crippen molar-refractivity contribution in [1.29, 1.82) is 0 Å². The van der Waals surface area contributed by atoms with Crippen LogP contribution in [0.4, 0.5) is 5.82 Å². The SMILES string of the molecule is O=C(O)c1cnc(NCCCCO)c(Cl)c1. The highest BCUT2D eigenvalue weighted by molar-refractivity contribution is 6.33. The Kier molecular flexibility index (Phi) is 5.01. The van der Waals surface area contributed by atoms with Gasteiger partial charge in [0.05, 0.1) is 10.6 Å². The first-order chi connectivity index (χ1) is 7.65. The molecular formula is C10H13ClN2O3. The maximum Gasteiger partial charge on any atom is 0.337 e. The molecule has 0 bridgehead atoms. The molecule has 1 aromatic heterocycles. The molecule has 1 aromatic rings. The normalized spacial score (nSPS) is 10.1. The van der Waals surface area contributed by atoms with Gasteiger partial charge in [-0.25, -0.2) is 9.78 Å². The van der Waals surface area contributed by atoms with E-state index in [2.05, 4.69) is 10.3 Å². The first-order valence-corrected chi connectivity index (χ1v) is 5.26. The Morgan fingerprint density at radius 1 is 1.50 bits per heavy atom. The average Bonchev–Trinajstić information content (AvgIpc) is 2.26. The lowest BCUT2D eigenvalue weighted by atomic mass is 10.3. The lowest BCUT2D eigenvalue weighted by molar-refractivity contribution is 0.0696. The van der Waals surface area contributed by atoms with Crippen LogP contribution >= 0.6 is 11.6 Å². The minimum absolute atomic E-state index is 0.0610. The molecule has 3 N–H and O–H groups in total. The van der Waals surface area contributed by atoms with Crippen LogP contribution < -0.4 is 5.32 Å². The topological polar surface area (TPSA) is 82.5 Å². The van der Waals surface area contributed by atoms with E-state index in [1.807, 2.05) is 0 Å². The lowest BCUT2D eigenvalue weighted by Gasteiger charge is -2.07. The second kappa shape index (κ2) is 6.30. The minimum Gasteiger partial charge on any atom is -0.478 e. The number of carbonyl (C=O) groups is 1. The number of hydrogen-bond donors (Lipinski definition) is 3. The summed E-state index contributed by atoms with van der Waals surface area (Å²) in [6.07, 6.45) is 2.76. The molecule has 5 nitrogen and oxygen atoms in total. The molecule has 0 unspecified atom stereocenters. The van der Waals surface area contributed by atoms with E-state index in [1.54, 1.807) is 0 Å². The van der Waals surface area contributed by atoms with Gasteiger partial charge in [0.15, 0.2) is 0 Å². The van der Waals surface area contributed by atoms with Crippen LogP contribution in [0.2, 0.25) is 5.02 Å². The second-order valence-electron chi connectivity index (χ2n) is 3.22. The van der Waals surface area contributed by atoms with Crippen molar-refractivity contribution in [3.63, 3.8) is 0 Å². The third kappa shape index (κ3) is 3.67. The van der Waals surface area contributed by atoms with Crippen molar-refractivity contribution < 1.29 is 15.0 Å². The van der Waals surface area contributed by atoms with Crippen molar-refractivity contribution in [2.24, 2.45) is 0 Å². The highest BCUT2D eigenvalue weighted by atomic mass is 35.5. The van der Waals surface area contributed by atoms with E-state index in [9.17, 15) is 4.79 Å². The largest absolute Gasteiger partial charge is 0.478 e. The Hall–Kier alpha value is -1.33. The highest BCUT2D eigenvalue weighted by Gasteiger charge is 2.07. The first-order valence-electron chi connectivity index (χ1n) is 4.88. The van der Waals surface area contributed by atoms with Gasteiger partial charge in [0.25, 0.3) is 0 Å². The van der Waals surface area contributed by atoms with Crippen LogP contribution in [0.15, 0.2) is 12.3 Å². The van der Waals surface area contributed by atoms with Gasteiger partial charge in [0.2, 0.25) is 0 Å². The molecule has 0 amide bonds. The Balaban J connectivity index is 2.57. The molecule has 0 atom stereocenters. The molecule has 0 spiro atoms. The zero-order chi connectivity index (χ0) is 12.0. The van der Waals surface area contributed by atoms with Gasteiger partial charge in [0.1, 0.15) is 5.82 Å². The van der Waals surface area contributed by atoms with Crippen LogP contribution in [0.5, 0.6) is 0 Å². The molecule has 0 aromatic carbocycles. The number of carboxylic acid groups (broad SMARTS) is 1. The summed E-state index contributed by atoms with van der Waals surface area (Å²) in [7, 11) is 0. The van der Waals surface area contributed by atoms with Crippen LogP contribution in [-0.4, -0.2) is 34.3 Å². The summed E-state index contributed by atoms with van der Waals surface area (Å²) in [5.41, 5.74) is 0.0610. The standard InChI is InChI=1S/C10H13ClN2O3/c11-8-5-7(10(15)16)6-13-9(8)12-3-1-2-4-14/h5-6,14H,1-4H2,(H,12,13)(H,15,16). The van der Waals surface area contributed by atoms with E-state index < -0.39 is 5.97 Å². The molecule has 0 saturated carbocycles. The van der Waals surface area contributed by atoms with Gasteiger partial charge >= 0.3 is 5.97 Å². The Bertz CT molecular complexity index is 371. The van der Waals surface area contributed by atoms with Crippen molar-refractivity contribution in [2.45, 2.75) is 12.8 Å². The summed E-state index contributed by atoms with van der Waals surface area (Å²) in [5, 5.41) is 20.5. The van der Waals surface area contributed by atoms with E-state index in [1.165, 1.54) is 12.3 Å². The van der Waals surface area contributed by atoms with Crippen molar-refractivity contribution in [2.75, 3.05) is 18.5 Å². The van der Waals surface area contributed by atoms with Crippen molar-refractivity contribution in [3.05, 3.63) is 22.8 Å². The zero-order valence-electron chi connectivity index (χ0n) is 8.61. The molecule has 16 heavy (non-hydrogen) atoms. The van der Waals surface area contributed by atoms with Crippen molar-refractivity contribution >= 4 is 23.4 Å². The van der Waals surface area contributed by atoms with Gasteiger partial charge in [-0.2, -0.15) is 0 Å². The third-order valence-electron chi connectivity index (χ3n) is 1.97. The summed E-state index contributed by atoms with van der Waals surface area (Å²) in [6, 6.07) is 1.35. The van der Waals surface area contributed by atoms with Gasteiger partial charge in [-0.3, -0.25) is 0 Å². The molecule has 0 fully saturated rings. The maximum absolute atomic E-state index is 10.6. The number of aromatic nitrogens is 1. The Labute approximate surface area is 98.1 Å². The van der Waals surface area contributed by atoms with Crippen LogP contribution in [0.3, 0.4) is 0 Å². The summed E-state index contributed by atoms with van der Waals surface area (Å²) < 4.78 is 0. The number of pyridine rings is 1. The summed E-state index contributed by atoms with van der Waals surface area (Å²) >= 11 is 5.85. The number of halogens is 1. The number of aliphatic hydroxyl groups is 1. The van der Waals surface area contributed by atoms with E-state index in [0.717, 1.165) is 6.42 Å². The predicted octanol–water partition coefficient (Wildman–Crippen LogP) is 1.62. The molecule has 0 aliphatic rings. The molecule has 0 aliphatic heterocycles. The molecule has 1 heterocycles. The van der Waals surface area contributed by atoms with E-state index in [-0.39, 0.29) is 17.2 Å². The number of anilines is 1. The second-order valence-corrected chi connectivity index (χ2v) is 3.62. The van der Waals surface area contributed by atoms with Crippen LogP contribution in [0.1, 0.15) is 23.2 Å². The summed E-state index contributed by atoms with van der Waals surface area (Å²) in [5.74, 6) is -0.592. The third-order valence-corrected chi connectivity index (χ3v) is 2.25. The fourth-order valence-corrected chi connectivity index (χ4v) is 1.36. The van der Waals surface area contributed by atoms with Gasteiger partial charge in [-0.05, 0) is 18.9 Å². The van der Waals surface area contributed by atoms with Crippen LogP contribution in [0.25, 0.3) is 0 Å². The Morgan fingerprint density at radius 3 is 2.81 bits per heavy atom. The number of carboxylic acids is 1. The number of rotatable bonds is 6. The minimum atomic E-state index is -1.05. The number of hydrogen-bond acceptors (Lipinski definition) is 4. The molecule has 6 heteroatoms. The quantitative estimate of drug-likeness (QED) is 0.663. The fraction of sp³-hybridized carbons (Fsp3) is 0.400. The number of aliphatic hydroxyl groups excluding tert-OH is 1. The molecule has 0 aliphatic carbocycles. The lowest BCUT2D eigenvalue weighted by Crippen LogP contribution is -2.06. The smallest absolute Gasteiger partial charge is 0.337 e. The Morgan fingerprint density at radius 2 is 2.25 bits per heavy atom. The zero-order valence-corrected chi connectivity index (χ0v) is 9.37. The number of nitrogens with zero attached hydrogens (tertiary/aromatic N) is 1. The molecular weight excluding hydrogens is 232 g/mol. The maximum atomic E-state index is 10.6. The average molecular weight is 245 g/mol. The molecule has 88 valence electrons. The summed E-state index contributed by atoms with van der Waals surface area (Å²) in [6.45, 7) is 0.792. The van der Waals surface area contributed by atoms with E-state index in [4.69, 9.17) is 21.8 Å². The summed E-state index contributed by atoms with van der Waals surface area (Å²) in [4.78, 5) is 14.5. The van der Waals surface area contributed by atoms with Crippen molar-refractivity contribution in [1.82, 2.24) is 4.98 Å². The van der Waals surface area contributed by atoms with E-state index >= 15 is 0 Å². The van der Waals surface area contributed by atoms with Crippen LogP contribution in [-0.2, 0) is 0 Å². The number of aromatic carboxylic acids is 1. The van der Waals surface area contributed by atoms with Crippen LogP contribution in [0, 0.1) is 0 Å². The fourth-order valence-electron chi connectivity index (χ4n) is 1.13. The molecule has 0 radical (unpaired) electrons. The first kappa shape index (κ1) is 12.7. The highest BCUT2D eigenvalue weighted by Crippen LogP contribution is 2.19. The van der Waals surface area contributed by atoms with E-state index in [0.29, 0.717) is 18.8 Å².